The lowest BCUT2D eigenvalue weighted by atomic mass is 10.2. The maximum absolute atomic E-state index is 5.82. The molecule has 0 radical (unpaired) electrons. The average Bonchev–Trinajstić information content (AvgIpc) is 3.29. The first-order chi connectivity index (χ1) is 14.2. The van der Waals surface area contributed by atoms with Crippen molar-refractivity contribution < 1.29 is 4.42 Å². The molecule has 0 fully saturated rings. The summed E-state index contributed by atoms with van der Waals surface area (Å²) >= 11 is 0. The standard InChI is InChI=1S/C24H26N4O/c1-19-11-12-24(29-19)18-27(17-23-10-6-7-13-25-23)16-22-14-26-28(20(22)2)15-21-8-4-3-5-9-21/h3-14H,15-18H2,1-2H3. The molecule has 0 spiro atoms. The average molecular weight is 386 g/mol. The number of pyridine rings is 1. The molecule has 0 unspecified atom stereocenters. The summed E-state index contributed by atoms with van der Waals surface area (Å²) in [7, 11) is 0. The highest BCUT2D eigenvalue weighted by molar-refractivity contribution is 5.20. The molecule has 1 aromatic carbocycles. The van der Waals surface area contributed by atoms with Crippen LogP contribution >= 0.6 is 0 Å². The fraction of sp³-hybridized carbons (Fsp3) is 0.250. The van der Waals surface area contributed by atoms with Crippen LogP contribution in [0, 0.1) is 13.8 Å². The van der Waals surface area contributed by atoms with E-state index in [4.69, 9.17) is 4.42 Å². The summed E-state index contributed by atoms with van der Waals surface area (Å²) in [6.07, 6.45) is 3.82. The van der Waals surface area contributed by atoms with Crippen LogP contribution in [0.5, 0.6) is 0 Å². The first kappa shape index (κ1) is 19.2. The molecule has 148 valence electrons. The molecule has 29 heavy (non-hydrogen) atoms. The molecular formula is C24H26N4O. The Labute approximate surface area is 171 Å². The van der Waals surface area contributed by atoms with Gasteiger partial charge in [-0.15, -0.1) is 0 Å². The quantitative estimate of drug-likeness (QED) is 0.439. The summed E-state index contributed by atoms with van der Waals surface area (Å²) in [5.41, 5.74) is 4.71. The van der Waals surface area contributed by atoms with Crippen LogP contribution in [0.1, 0.15) is 34.0 Å². The van der Waals surface area contributed by atoms with Crippen molar-refractivity contribution in [1.82, 2.24) is 19.7 Å². The minimum atomic E-state index is 0.730. The summed E-state index contributed by atoms with van der Waals surface area (Å²) < 4.78 is 7.89. The van der Waals surface area contributed by atoms with Gasteiger partial charge in [0, 0.05) is 30.5 Å². The zero-order valence-electron chi connectivity index (χ0n) is 17.0. The lowest BCUT2D eigenvalue weighted by molar-refractivity contribution is 0.222. The minimum absolute atomic E-state index is 0.730. The second-order valence-corrected chi connectivity index (χ2v) is 7.38. The van der Waals surface area contributed by atoms with Crippen molar-refractivity contribution in [2.45, 2.75) is 40.0 Å². The minimum Gasteiger partial charge on any atom is -0.465 e. The largest absolute Gasteiger partial charge is 0.465 e. The van der Waals surface area contributed by atoms with Crippen LogP contribution in [0.2, 0.25) is 0 Å². The van der Waals surface area contributed by atoms with Crippen LogP contribution in [0.15, 0.2) is 77.5 Å². The van der Waals surface area contributed by atoms with Crippen molar-refractivity contribution in [1.29, 1.82) is 0 Å². The van der Waals surface area contributed by atoms with Gasteiger partial charge in [-0.25, -0.2) is 0 Å². The Morgan fingerprint density at radius 2 is 1.72 bits per heavy atom. The molecule has 5 nitrogen and oxygen atoms in total. The van der Waals surface area contributed by atoms with E-state index in [1.54, 1.807) is 0 Å². The Balaban J connectivity index is 1.52. The summed E-state index contributed by atoms with van der Waals surface area (Å²) in [5.74, 6) is 1.90. The highest BCUT2D eigenvalue weighted by atomic mass is 16.3. The zero-order chi connectivity index (χ0) is 20.1. The third kappa shape index (κ3) is 5.00. The van der Waals surface area contributed by atoms with Gasteiger partial charge in [0.25, 0.3) is 0 Å². The Kier molecular flexibility index (Phi) is 5.86. The number of furan rings is 1. The Morgan fingerprint density at radius 3 is 2.45 bits per heavy atom. The molecule has 5 heteroatoms. The van der Waals surface area contributed by atoms with Gasteiger partial charge in [0.2, 0.25) is 0 Å². The smallest absolute Gasteiger partial charge is 0.118 e. The van der Waals surface area contributed by atoms with Crippen molar-refractivity contribution in [3.8, 4) is 0 Å². The molecule has 0 amide bonds. The van der Waals surface area contributed by atoms with Gasteiger partial charge in [0.1, 0.15) is 11.5 Å². The molecule has 4 rings (SSSR count). The van der Waals surface area contributed by atoms with Gasteiger partial charge < -0.3 is 4.42 Å². The fourth-order valence-corrected chi connectivity index (χ4v) is 3.48. The van der Waals surface area contributed by atoms with Gasteiger partial charge in [-0.1, -0.05) is 36.4 Å². The third-order valence-corrected chi connectivity index (χ3v) is 5.06. The molecule has 0 N–H and O–H groups in total. The van der Waals surface area contributed by atoms with Crippen LogP contribution < -0.4 is 0 Å². The molecule has 0 saturated heterocycles. The fourth-order valence-electron chi connectivity index (χ4n) is 3.48. The molecule has 0 aliphatic carbocycles. The van der Waals surface area contributed by atoms with Crippen LogP contribution in [-0.4, -0.2) is 19.7 Å². The highest BCUT2D eigenvalue weighted by Gasteiger charge is 2.15. The molecular weight excluding hydrogens is 360 g/mol. The second-order valence-electron chi connectivity index (χ2n) is 7.38. The molecule has 3 aromatic heterocycles. The maximum Gasteiger partial charge on any atom is 0.118 e. The van der Waals surface area contributed by atoms with E-state index in [1.165, 1.54) is 16.8 Å². The number of nitrogens with zero attached hydrogens (tertiary/aromatic N) is 4. The van der Waals surface area contributed by atoms with Crippen LogP contribution in [0.3, 0.4) is 0 Å². The predicted octanol–water partition coefficient (Wildman–Crippen LogP) is 4.74. The van der Waals surface area contributed by atoms with Crippen molar-refractivity contribution >= 4 is 0 Å². The number of hydrogen-bond donors (Lipinski definition) is 0. The highest BCUT2D eigenvalue weighted by Crippen LogP contribution is 2.18. The Hall–Kier alpha value is -3.18. The molecule has 0 atom stereocenters. The first-order valence-corrected chi connectivity index (χ1v) is 9.90. The van der Waals surface area contributed by atoms with E-state index in [0.717, 1.165) is 43.4 Å². The van der Waals surface area contributed by atoms with Crippen molar-refractivity contribution in [3.05, 3.63) is 107 Å². The molecule has 4 aromatic rings. The van der Waals surface area contributed by atoms with Gasteiger partial charge in [0.05, 0.1) is 25.0 Å². The number of benzene rings is 1. The summed E-state index contributed by atoms with van der Waals surface area (Å²) in [4.78, 5) is 6.84. The number of aryl methyl sites for hydroxylation is 1. The molecule has 0 bridgehead atoms. The number of rotatable bonds is 8. The first-order valence-electron chi connectivity index (χ1n) is 9.90. The van der Waals surface area contributed by atoms with Gasteiger partial charge in [-0.2, -0.15) is 5.10 Å². The van der Waals surface area contributed by atoms with E-state index in [0.29, 0.717) is 0 Å². The van der Waals surface area contributed by atoms with Crippen molar-refractivity contribution in [3.63, 3.8) is 0 Å². The van der Waals surface area contributed by atoms with Crippen LogP contribution in [0.25, 0.3) is 0 Å². The maximum atomic E-state index is 5.82. The topological polar surface area (TPSA) is 47.1 Å². The van der Waals surface area contributed by atoms with Gasteiger partial charge in [-0.05, 0) is 43.7 Å². The Morgan fingerprint density at radius 1 is 0.897 bits per heavy atom. The van der Waals surface area contributed by atoms with E-state index >= 15 is 0 Å². The molecule has 0 aliphatic rings. The summed E-state index contributed by atoms with van der Waals surface area (Å²) in [5, 5.41) is 4.63. The monoisotopic (exact) mass is 386 g/mol. The third-order valence-electron chi connectivity index (χ3n) is 5.06. The van der Waals surface area contributed by atoms with Crippen LogP contribution in [-0.2, 0) is 26.2 Å². The van der Waals surface area contributed by atoms with E-state index in [-0.39, 0.29) is 0 Å². The van der Waals surface area contributed by atoms with Gasteiger partial charge in [-0.3, -0.25) is 14.6 Å². The second kappa shape index (κ2) is 8.88. The van der Waals surface area contributed by atoms with Crippen LogP contribution in [0.4, 0.5) is 0 Å². The molecule has 3 heterocycles. The predicted molar refractivity (Wildman–Crippen MR) is 113 cm³/mol. The molecule has 0 aliphatic heterocycles. The van der Waals surface area contributed by atoms with E-state index in [2.05, 4.69) is 56.9 Å². The Bertz CT molecular complexity index is 1040. The molecule has 0 saturated carbocycles. The van der Waals surface area contributed by atoms with Gasteiger partial charge >= 0.3 is 0 Å². The lowest BCUT2D eigenvalue weighted by Crippen LogP contribution is -2.23. The number of hydrogen-bond acceptors (Lipinski definition) is 4. The SMILES string of the molecule is Cc1ccc(CN(Cc2ccccn2)Cc2cnn(Cc3ccccc3)c2C)o1. The van der Waals surface area contributed by atoms with Crippen molar-refractivity contribution in [2.24, 2.45) is 0 Å². The van der Waals surface area contributed by atoms with Gasteiger partial charge in [0.15, 0.2) is 0 Å². The lowest BCUT2D eigenvalue weighted by Gasteiger charge is -2.21. The zero-order valence-corrected chi connectivity index (χ0v) is 17.0. The van der Waals surface area contributed by atoms with E-state index in [9.17, 15) is 0 Å². The van der Waals surface area contributed by atoms with Crippen molar-refractivity contribution in [2.75, 3.05) is 0 Å². The summed E-state index contributed by atoms with van der Waals surface area (Å²) in [6, 6.07) is 20.5. The number of aromatic nitrogens is 3. The van der Waals surface area contributed by atoms with E-state index in [1.807, 2.05) is 49.6 Å². The normalized spacial score (nSPS) is 11.3. The van der Waals surface area contributed by atoms with E-state index < -0.39 is 0 Å². The summed E-state index contributed by atoms with van der Waals surface area (Å²) in [6.45, 7) is 7.17.